The van der Waals surface area contributed by atoms with Crippen LogP contribution < -0.4 is 15.2 Å². The van der Waals surface area contributed by atoms with Gasteiger partial charge >= 0.3 is 0 Å². The molecule has 7 nitrogen and oxygen atoms in total. The van der Waals surface area contributed by atoms with Gasteiger partial charge in [0.1, 0.15) is 10.6 Å². The van der Waals surface area contributed by atoms with Gasteiger partial charge in [-0.2, -0.15) is 0 Å². The number of anilines is 2. The number of hydrogen-bond donors (Lipinski definition) is 2. The number of ether oxygens (including phenoxy) is 1. The molecular weight excluding hydrogens is 292 g/mol. The van der Waals surface area contributed by atoms with Crippen molar-refractivity contribution in [2.45, 2.75) is 17.7 Å². The van der Waals surface area contributed by atoms with Crippen molar-refractivity contribution in [3.8, 4) is 5.75 Å². The van der Waals surface area contributed by atoms with E-state index in [-0.39, 0.29) is 10.7 Å². The average Bonchev–Trinajstić information content (AvgIpc) is 2.47. The van der Waals surface area contributed by atoms with Crippen molar-refractivity contribution in [2.24, 2.45) is 0 Å². The van der Waals surface area contributed by atoms with Crippen LogP contribution in [0.3, 0.4) is 0 Å². The van der Waals surface area contributed by atoms with Gasteiger partial charge in [-0.05, 0) is 30.5 Å². The van der Waals surface area contributed by atoms with E-state index in [0.29, 0.717) is 18.0 Å². The molecule has 1 aromatic carbocycles. The van der Waals surface area contributed by atoms with Gasteiger partial charge in [-0.1, -0.05) is 0 Å². The highest BCUT2D eigenvalue weighted by Gasteiger charge is 2.25. The summed E-state index contributed by atoms with van der Waals surface area (Å²) < 4.78 is 32.9. The van der Waals surface area contributed by atoms with Crippen molar-refractivity contribution in [3.63, 3.8) is 0 Å². The maximum Gasteiger partial charge on any atom is 0.266 e. The van der Waals surface area contributed by atoms with Gasteiger partial charge in [0.05, 0.1) is 12.8 Å². The fourth-order valence-corrected chi connectivity index (χ4v) is 3.43. The number of rotatable bonds is 3. The highest BCUT2D eigenvalue weighted by atomic mass is 32.2. The number of benzene rings is 1. The molecule has 1 aliphatic rings. The van der Waals surface area contributed by atoms with Crippen LogP contribution in [-0.4, -0.2) is 25.0 Å². The molecule has 1 aromatic heterocycles. The van der Waals surface area contributed by atoms with Gasteiger partial charge in [0, 0.05) is 18.1 Å². The van der Waals surface area contributed by atoms with Crippen LogP contribution in [0.1, 0.15) is 12.0 Å². The van der Waals surface area contributed by atoms with Crippen LogP contribution in [-0.2, 0) is 16.4 Å². The topological polar surface area (TPSA) is 107 Å². The van der Waals surface area contributed by atoms with Gasteiger partial charge in [-0.15, -0.1) is 0 Å². The van der Waals surface area contributed by atoms with E-state index >= 15 is 0 Å². The molecule has 3 N–H and O–H groups in total. The molecule has 21 heavy (non-hydrogen) atoms. The van der Waals surface area contributed by atoms with E-state index in [2.05, 4.69) is 14.7 Å². The number of sulfonamides is 1. The molecule has 0 unspecified atom stereocenters. The summed E-state index contributed by atoms with van der Waals surface area (Å²) in [6.45, 7) is 0.491. The average molecular weight is 306 g/mol. The number of aromatic nitrogens is 2. The minimum absolute atomic E-state index is 0.0304. The third kappa shape index (κ3) is 2.75. The molecular formula is C13H14N4O3S. The molecule has 2 heterocycles. The van der Waals surface area contributed by atoms with Gasteiger partial charge in [0.25, 0.3) is 10.0 Å². The highest BCUT2D eigenvalue weighted by Crippen LogP contribution is 2.35. The molecule has 2 aromatic rings. The van der Waals surface area contributed by atoms with Crippen molar-refractivity contribution in [1.29, 1.82) is 0 Å². The Balaban J connectivity index is 2.05. The summed E-state index contributed by atoms with van der Waals surface area (Å²) >= 11 is 0. The first-order valence-electron chi connectivity index (χ1n) is 6.40. The number of nitrogens with zero attached hydrogens (tertiary/aromatic N) is 2. The van der Waals surface area contributed by atoms with Crippen LogP contribution in [0.25, 0.3) is 0 Å². The molecule has 0 saturated carbocycles. The fourth-order valence-electron chi connectivity index (χ4n) is 2.21. The Morgan fingerprint density at radius 1 is 1.29 bits per heavy atom. The summed E-state index contributed by atoms with van der Waals surface area (Å²) in [4.78, 5) is 7.75. The number of nitrogens with one attached hydrogen (secondary N) is 1. The Bertz CT molecular complexity index is 762. The van der Waals surface area contributed by atoms with Gasteiger partial charge in [-0.3, -0.25) is 9.71 Å². The number of nitrogen functional groups attached to an aromatic ring is 1. The predicted molar refractivity (Wildman–Crippen MR) is 77.5 cm³/mol. The summed E-state index contributed by atoms with van der Waals surface area (Å²) in [6.07, 6.45) is 5.78. The fraction of sp³-hybridized carbons (Fsp3) is 0.231. The maximum absolute atomic E-state index is 12.5. The van der Waals surface area contributed by atoms with Crippen LogP contribution in [0.5, 0.6) is 5.75 Å². The Hall–Kier alpha value is -2.35. The number of nitrogens with two attached hydrogens (primary N) is 1. The Morgan fingerprint density at radius 3 is 2.90 bits per heavy atom. The summed E-state index contributed by atoms with van der Waals surface area (Å²) in [5, 5.41) is 0. The van der Waals surface area contributed by atoms with Gasteiger partial charge in [0.15, 0.2) is 5.82 Å². The molecule has 0 fully saturated rings. The van der Waals surface area contributed by atoms with E-state index in [0.717, 1.165) is 18.4 Å². The van der Waals surface area contributed by atoms with E-state index in [1.807, 2.05) is 0 Å². The van der Waals surface area contributed by atoms with E-state index in [4.69, 9.17) is 10.5 Å². The first-order valence-corrected chi connectivity index (χ1v) is 7.88. The lowest BCUT2D eigenvalue weighted by Crippen LogP contribution is -2.19. The molecule has 1 aliphatic heterocycles. The number of fused-ring (bicyclic) bond motifs is 1. The normalized spacial score (nSPS) is 14.1. The molecule has 3 rings (SSSR count). The summed E-state index contributed by atoms with van der Waals surface area (Å²) in [7, 11) is -3.83. The van der Waals surface area contributed by atoms with Crippen LogP contribution >= 0.6 is 0 Å². The smallest absolute Gasteiger partial charge is 0.266 e. The van der Waals surface area contributed by atoms with Crippen molar-refractivity contribution in [2.75, 3.05) is 17.1 Å². The monoisotopic (exact) mass is 306 g/mol. The first-order chi connectivity index (χ1) is 10.1. The Kier molecular flexibility index (Phi) is 3.38. The second-order valence-corrected chi connectivity index (χ2v) is 6.31. The third-order valence-corrected chi connectivity index (χ3v) is 4.44. The third-order valence-electron chi connectivity index (χ3n) is 3.08. The van der Waals surface area contributed by atoms with Crippen molar-refractivity contribution in [3.05, 3.63) is 36.3 Å². The maximum atomic E-state index is 12.5. The summed E-state index contributed by atoms with van der Waals surface area (Å²) in [6, 6.07) is 3.14. The van der Waals surface area contributed by atoms with Gasteiger partial charge in [0.2, 0.25) is 0 Å². The second-order valence-electron chi connectivity index (χ2n) is 4.66. The summed E-state index contributed by atoms with van der Waals surface area (Å²) in [5.74, 6) is 0.510. The van der Waals surface area contributed by atoms with E-state index in [9.17, 15) is 8.42 Å². The minimum atomic E-state index is -3.83. The number of hydrogen-bond acceptors (Lipinski definition) is 6. The SMILES string of the molecule is Nc1cc2c(c(S(=O)(=O)Nc3cnccn3)c1)OCCC2. The Labute approximate surface area is 122 Å². The lowest BCUT2D eigenvalue weighted by molar-refractivity contribution is 0.280. The van der Waals surface area contributed by atoms with E-state index < -0.39 is 10.0 Å². The van der Waals surface area contributed by atoms with Crippen LogP contribution in [0.4, 0.5) is 11.5 Å². The molecule has 110 valence electrons. The van der Waals surface area contributed by atoms with Crippen molar-refractivity contribution < 1.29 is 13.2 Å². The molecule has 0 aliphatic carbocycles. The molecule has 8 heteroatoms. The van der Waals surface area contributed by atoms with Gasteiger partial charge in [-0.25, -0.2) is 13.4 Å². The van der Waals surface area contributed by atoms with Crippen molar-refractivity contribution in [1.82, 2.24) is 9.97 Å². The highest BCUT2D eigenvalue weighted by molar-refractivity contribution is 7.92. The largest absolute Gasteiger partial charge is 0.492 e. The molecule has 0 amide bonds. The zero-order valence-electron chi connectivity index (χ0n) is 11.1. The molecule has 0 radical (unpaired) electrons. The molecule has 0 atom stereocenters. The molecule has 0 spiro atoms. The van der Waals surface area contributed by atoms with Crippen LogP contribution in [0.2, 0.25) is 0 Å². The molecule has 0 saturated heterocycles. The van der Waals surface area contributed by atoms with Crippen molar-refractivity contribution >= 4 is 21.5 Å². The lowest BCUT2D eigenvalue weighted by Gasteiger charge is -2.21. The summed E-state index contributed by atoms with van der Waals surface area (Å²) in [5.41, 5.74) is 6.99. The Morgan fingerprint density at radius 2 is 2.14 bits per heavy atom. The zero-order valence-corrected chi connectivity index (χ0v) is 11.9. The zero-order chi connectivity index (χ0) is 14.9. The lowest BCUT2D eigenvalue weighted by atomic mass is 10.1. The van der Waals surface area contributed by atoms with E-state index in [1.165, 1.54) is 24.7 Å². The van der Waals surface area contributed by atoms with Gasteiger partial charge < -0.3 is 10.5 Å². The first kappa shape index (κ1) is 13.6. The second kappa shape index (κ2) is 5.21. The predicted octanol–water partition coefficient (Wildman–Crippen LogP) is 1.18. The van der Waals surface area contributed by atoms with Crippen LogP contribution in [0.15, 0.2) is 35.6 Å². The van der Waals surface area contributed by atoms with Crippen LogP contribution in [0, 0.1) is 0 Å². The minimum Gasteiger partial charge on any atom is -0.492 e. The molecule has 0 bridgehead atoms. The number of aryl methyl sites for hydroxylation is 1. The quantitative estimate of drug-likeness (QED) is 0.825. The van der Waals surface area contributed by atoms with E-state index in [1.54, 1.807) is 6.07 Å². The standard InChI is InChI=1S/C13H14N4O3S/c14-10-6-9-2-1-5-20-13(9)11(7-10)21(18,19)17-12-8-15-3-4-16-12/h3-4,6-8H,1-2,5,14H2,(H,16,17).